The topological polar surface area (TPSA) is 65.8 Å². The Hall–Kier alpha value is -3.82. The van der Waals surface area contributed by atoms with Gasteiger partial charge in [0.05, 0.1) is 23.7 Å². The van der Waals surface area contributed by atoms with E-state index in [9.17, 15) is 18.0 Å². The number of fused-ring (bicyclic) bond motifs is 3. The lowest BCUT2D eigenvalue weighted by atomic mass is 9.97. The molecule has 1 fully saturated rings. The molecule has 1 amide bonds. The smallest absolute Gasteiger partial charge is 0.363 e. The highest BCUT2D eigenvalue weighted by molar-refractivity contribution is 5.94. The molecular weight excluding hydrogens is 457 g/mol. The number of amides is 1. The van der Waals surface area contributed by atoms with Gasteiger partial charge in [0.1, 0.15) is 5.82 Å². The first-order valence-electron chi connectivity index (χ1n) is 11.3. The van der Waals surface area contributed by atoms with Crippen LogP contribution in [0, 0.1) is 6.92 Å². The lowest BCUT2D eigenvalue weighted by molar-refractivity contribution is -0.138. The van der Waals surface area contributed by atoms with Gasteiger partial charge in [0.25, 0.3) is 0 Å². The zero-order valence-electron chi connectivity index (χ0n) is 19.6. The predicted molar refractivity (Wildman–Crippen MR) is 129 cm³/mol. The number of benzene rings is 2. The molecule has 3 heterocycles. The summed E-state index contributed by atoms with van der Waals surface area (Å²) in [6, 6.07) is 9.65. The Morgan fingerprint density at radius 1 is 1.14 bits per heavy atom. The van der Waals surface area contributed by atoms with Gasteiger partial charge in [-0.05, 0) is 49.2 Å². The molecule has 182 valence electrons. The third-order valence-electron chi connectivity index (χ3n) is 6.65. The molecule has 2 aromatic carbocycles. The van der Waals surface area contributed by atoms with Crippen LogP contribution in [0.4, 0.5) is 24.7 Å². The third-order valence-corrected chi connectivity index (χ3v) is 6.65. The average molecular weight is 483 g/mol. The number of hydrogen-bond donors (Lipinski definition) is 1. The molecule has 0 aliphatic carbocycles. The number of likely N-dealkylation sites (N-methyl/N-ethyl adjacent to an activating group) is 1. The van der Waals surface area contributed by atoms with Crippen molar-refractivity contribution in [2.75, 3.05) is 36.9 Å². The number of imidazole rings is 1. The van der Waals surface area contributed by atoms with Crippen LogP contribution in [0.2, 0.25) is 0 Å². The molecule has 1 aliphatic heterocycles. The van der Waals surface area contributed by atoms with Crippen LogP contribution in [0.15, 0.2) is 48.8 Å². The van der Waals surface area contributed by atoms with Crippen molar-refractivity contribution in [1.29, 1.82) is 0 Å². The Labute approximate surface area is 200 Å². The maximum absolute atomic E-state index is 13.5. The number of anilines is 2. The summed E-state index contributed by atoms with van der Waals surface area (Å²) in [6.45, 7) is 4.92. The molecule has 10 heteroatoms. The minimum Gasteiger partial charge on any atom is -0.363 e. The SMILES string of the molecule is Cc1c(C(C)Nc2nc3nccn3c3ccc(N4CCN(C)C(=O)C4)cc23)cccc1C(F)(F)F. The minimum atomic E-state index is -4.42. The fourth-order valence-electron chi connectivity index (χ4n) is 4.65. The van der Waals surface area contributed by atoms with E-state index in [0.717, 1.165) is 22.7 Å². The van der Waals surface area contributed by atoms with Crippen LogP contribution < -0.4 is 10.2 Å². The van der Waals surface area contributed by atoms with Gasteiger partial charge in [-0.15, -0.1) is 0 Å². The number of nitrogens with one attached hydrogen (secondary N) is 1. The molecule has 1 N–H and O–H groups in total. The van der Waals surface area contributed by atoms with E-state index in [0.29, 0.717) is 30.2 Å². The molecule has 0 radical (unpaired) electrons. The van der Waals surface area contributed by atoms with Crippen molar-refractivity contribution in [2.24, 2.45) is 0 Å². The number of hydrogen-bond acceptors (Lipinski definition) is 5. The van der Waals surface area contributed by atoms with E-state index in [1.54, 1.807) is 24.2 Å². The zero-order chi connectivity index (χ0) is 24.9. The van der Waals surface area contributed by atoms with Gasteiger partial charge in [0.2, 0.25) is 11.7 Å². The van der Waals surface area contributed by atoms with Crippen molar-refractivity contribution in [3.05, 3.63) is 65.5 Å². The van der Waals surface area contributed by atoms with Gasteiger partial charge >= 0.3 is 6.18 Å². The van der Waals surface area contributed by atoms with E-state index >= 15 is 0 Å². The number of carbonyl (C=O) groups is 1. The summed E-state index contributed by atoms with van der Waals surface area (Å²) in [5.41, 5.74) is 1.81. The van der Waals surface area contributed by atoms with Crippen molar-refractivity contribution < 1.29 is 18.0 Å². The van der Waals surface area contributed by atoms with Gasteiger partial charge < -0.3 is 15.1 Å². The zero-order valence-corrected chi connectivity index (χ0v) is 19.6. The van der Waals surface area contributed by atoms with Gasteiger partial charge in [-0.25, -0.2) is 4.98 Å². The highest BCUT2D eigenvalue weighted by Gasteiger charge is 2.33. The van der Waals surface area contributed by atoms with E-state index in [4.69, 9.17) is 0 Å². The van der Waals surface area contributed by atoms with Crippen LogP contribution in [0.3, 0.4) is 0 Å². The van der Waals surface area contributed by atoms with E-state index in [-0.39, 0.29) is 18.0 Å². The second-order valence-electron chi connectivity index (χ2n) is 8.88. The second kappa shape index (κ2) is 8.44. The molecule has 1 unspecified atom stereocenters. The number of rotatable bonds is 4. The van der Waals surface area contributed by atoms with Gasteiger partial charge in [0.15, 0.2) is 0 Å². The van der Waals surface area contributed by atoms with Crippen molar-refractivity contribution in [2.45, 2.75) is 26.1 Å². The Balaban J connectivity index is 1.57. The van der Waals surface area contributed by atoms with Gasteiger partial charge in [0, 0.05) is 43.6 Å². The molecule has 1 saturated heterocycles. The standard InChI is InChI=1S/C25H25F3N6O/c1-15-18(5-4-6-20(15)25(26,27)28)16(2)30-23-19-13-17(33-12-11-32(3)22(35)14-33)7-8-21(19)34-10-9-29-24(34)31-23/h4-10,13,16H,11-12,14H2,1-3H3,(H,29,30,31). The number of piperazine rings is 1. The number of carbonyl (C=O) groups excluding carboxylic acids is 1. The van der Waals surface area contributed by atoms with E-state index in [1.165, 1.54) is 13.0 Å². The van der Waals surface area contributed by atoms with Gasteiger partial charge in [-0.1, -0.05) is 12.1 Å². The fourth-order valence-corrected chi connectivity index (χ4v) is 4.65. The highest BCUT2D eigenvalue weighted by atomic mass is 19.4. The summed E-state index contributed by atoms with van der Waals surface area (Å²) >= 11 is 0. The first-order valence-corrected chi connectivity index (χ1v) is 11.3. The highest BCUT2D eigenvalue weighted by Crippen LogP contribution is 2.36. The molecule has 5 rings (SSSR count). The molecule has 1 atom stereocenters. The maximum atomic E-state index is 13.5. The minimum absolute atomic E-state index is 0.0477. The van der Waals surface area contributed by atoms with Crippen molar-refractivity contribution in [1.82, 2.24) is 19.3 Å². The van der Waals surface area contributed by atoms with Gasteiger partial charge in [-0.2, -0.15) is 18.2 Å². The normalized spacial score (nSPS) is 15.8. The van der Waals surface area contributed by atoms with Crippen molar-refractivity contribution in [3.63, 3.8) is 0 Å². The lowest BCUT2D eigenvalue weighted by Gasteiger charge is -2.33. The molecule has 1 aliphatic rings. The van der Waals surface area contributed by atoms with Crippen LogP contribution in [0.5, 0.6) is 0 Å². The van der Waals surface area contributed by atoms with Crippen LogP contribution in [0.1, 0.15) is 29.7 Å². The summed E-state index contributed by atoms with van der Waals surface area (Å²) < 4.78 is 42.3. The fraction of sp³-hybridized carbons (Fsp3) is 0.320. The Morgan fingerprint density at radius 2 is 1.94 bits per heavy atom. The van der Waals surface area contributed by atoms with Crippen molar-refractivity contribution in [3.8, 4) is 0 Å². The van der Waals surface area contributed by atoms with Gasteiger partial charge in [-0.3, -0.25) is 9.20 Å². The summed E-state index contributed by atoms with van der Waals surface area (Å²) in [7, 11) is 1.79. The average Bonchev–Trinajstić information content (AvgIpc) is 3.28. The number of alkyl halides is 3. The van der Waals surface area contributed by atoms with Crippen molar-refractivity contribution >= 4 is 34.1 Å². The Kier molecular flexibility index (Phi) is 5.53. The van der Waals surface area contributed by atoms with E-state index in [2.05, 4.69) is 15.3 Å². The molecule has 2 aromatic heterocycles. The summed E-state index contributed by atoms with van der Waals surface area (Å²) in [5.74, 6) is 1.05. The number of aromatic nitrogens is 3. The molecule has 0 bridgehead atoms. The van der Waals surface area contributed by atoms with E-state index in [1.807, 2.05) is 40.6 Å². The molecule has 4 aromatic rings. The largest absolute Gasteiger partial charge is 0.416 e. The first kappa shape index (κ1) is 22.9. The monoisotopic (exact) mass is 482 g/mol. The molecular formula is C25H25F3N6O. The van der Waals surface area contributed by atoms with Crippen LogP contribution in [-0.4, -0.2) is 51.9 Å². The first-order chi connectivity index (χ1) is 16.6. The maximum Gasteiger partial charge on any atom is 0.416 e. The number of halogens is 3. The molecule has 0 spiro atoms. The molecule has 7 nitrogen and oxygen atoms in total. The summed E-state index contributed by atoms with van der Waals surface area (Å²) in [6.07, 6.45) is -0.957. The molecule has 35 heavy (non-hydrogen) atoms. The Bertz CT molecular complexity index is 1430. The quantitative estimate of drug-likeness (QED) is 0.458. The summed E-state index contributed by atoms with van der Waals surface area (Å²) in [5, 5.41) is 4.11. The summed E-state index contributed by atoms with van der Waals surface area (Å²) in [4.78, 5) is 24.9. The van der Waals surface area contributed by atoms with Crippen LogP contribution >= 0.6 is 0 Å². The van der Waals surface area contributed by atoms with Crippen LogP contribution in [0.25, 0.3) is 16.7 Å². The lowest BCUT2D eigenvalue weighted by Crippen LogP contribution is -2.48. The van der Waals surface area contributed by atoms with E-state index < -0.39 is 17.8 Å². The molecule has 0 saturated carbocycles. The predicted octanol–water partition coefficient (Wildman–Crippen LogP) is 4.66. The third kappa shape index (κ3) is 4.13. The Morgan fingerprint density at radius 3 is 2.69 bits per heavy atom. The second-order valence-corrected chi connectivity index (χ2v) is 8.88. The number of nitrogens with zero attached hydrogens (tertiary/aromatic N) is 5. The van der Waals surface area contributed by atoms with Crippen LogP contribution in [-0.2, 0) is 11.0 Å².